The van der Waals surface area contributed by atoms with Crippen LogP contribution in [0.5, 0.6) is 0 Å². The third kappa shape index (κ3) is 2.35. The van der Waals surface area contributed by atoms with Crippen molar-refractivity contribution in [3.8, 4) is 6.07 Å². The average Bonchev–Trinajstić information content (AvgIpc) is 3.13. The Hall–Kier alpha value is -1.47. The molecule has 1 saturated heterocycles. The molecule has 0 radical (unpaired) electrons. The molecule has 4 heteroatoms. The fraction of sp³-hybridized carbons (Fsp3) is 0.619. The zero-order valence-electron chi connectivity index (χ0n) is 14.3. The number of hydrogen-bond donors (Lipinski definition) is 1. The molecule has 4 aliphatic rings. The van der Waals surface area contributed by atoms with Crippen molar-refractivity contribution >= 4 is 17.7 Å². The van der Waals surface area contributed by atoms with Crippen LogP contribution in [0.25, 0.3) is 0 Å². The molecule has 0 aromatic heterocycles. The predicted molar refractivity (Wildman–Crippen MR) is 97.7 cm³/mol. The van der Waals surface area contributed by atoms with Gasteiger partial charge >= 0.3 is 0 Å². The Kier molecular flexibility index (Phi) is 3.82. The lowest BCUT2D eigenvalue weighted by atomic mass is 9.63. The lowest BCUT2D eigenvalue weighted by Gasteiger charge is -2.46. The first-order valence-electron chi connectivity index (χ1n) is 9.69. The van der Waals surface area contributed by atoms with Gasteiger partial charge in [0.1, 0.15) is 5.92 Å². The van der Waals surface area contributed by atoms with Crippen molar-refractivity contribution in [1.82, 2.24) is 5.32 Å². The van der Waals surface area contributed by atoms with Gasteiger partial charge in [0, 0.05) is 22.1 Å². The minimum atomic E-state index is -0.403. The van der Waals surface area contributed by atoms with Crippen LogP contribution in [-0.2, 0) is 4.79 Å². The van der Waals surface area contributed by atoms with Crippen LogP contribution in [0.1, 0.15) is 32.1 Å². The molecule has 8 unspecified atom stereocenters. The molecule has 8 atom stereocenters. The maximum atomic E-state index is 12.2. The lowest BCUT2D eigenvalue weighted by molar-refractivity contribution is -0.122. The average molecular weight is 353 g/mol. The Morgan fingerprint density at radius 3 is 2.60 bits per heavy atom. The van der Waals surface area contributed by atoms with E-state index in [-0.39, 0.29) is 17.9 Å². The molecule has 130 valence electrons. The van der Waals surface area contributed by atoms with Gasteiger partial charge in [-0.2, -0.15) is 5.26 Å². The molecule has 25 heavy (non-hydrogen) atoms. The SMILES string of the molecule is N#CC1C(=O)NC2C3CCCC4C(Sc5ccccc5)CCC(C43)C12. The van der Waals surface area contributed by atoms with Crippen LogP contribution in [0.4, 0.5) is 0 Å². The zero-order valence-corrected chi connectivity index (χ0v) is 15.1. The molecule has 5 rings (SSSR count). The summed E-state index contributed by atoms with van der Waals surface area (Å²) in [5.74, 6) is 2.53. The molecule has 1 aliphatic heterocycles. The predicted octanol–water partition coefficient (Wildman–Crippen LogP) is 3.86. The summed E-state index contributed by atoms with van der Waals surface area (Å²) in [4.78, 5) is 13.6. The number of fused-ring (bicyclic) bond motifs is 3. The first kappa shape index (κ1) is 15.8. The number of carbonyl (C=O) groups excluding carboxylic acids is 1. The molecule has 0 spiro atoms. The van der Waals surface area contributed by atoms with Gasteiger partial charge in [0.05, 0.1) is 6.07 Å². The van der Waals surface area contributed by atoms with E-state index < -0.39 is 5.92 Å². The molecular weight excluding hydrogens is 328 g/mol. The second-order valence-electron chi connectivity index (χ2n) is 8.27. The Morgan fingerprint density at radius 2 is 1.80 bits per heavy atom. The smallest absolute Gasteiger partial charge is 0.237 e. The number of hydrogen-bond acceptors (Lipinski definition) is 3. The van der Waals surface area contributed by atoms with E-state index in [9.17, 15) is 10.1 Å². The summed E-state index contributed by atoms with van der Waals surface area (Å²) in [5.41, 5.74) is 0. The van der Waals surface area contributed by atoms with Crippen LogP contribution in [0.15, 0.2) is 35.2 Å². The maximum Gasteiger partial charge on any atom is 0.237 e. The standard InChI is InChI=1S/C21H24N2OS/c22-11-16-19-14-9-10-17(25-12-5-2-1-3-6-12)13-7-4-8-15(18(13)14)20(19)23-21(16)24/h1-3,5-6,13-20H,4,7-10H2,(H,23,24). The van der Waals surface area contributed by atoms with E-state index >= 15 is 0 Å². The summed E-state index contributed by atoms with van der Waals surface area (Å²) >= 11 is 2.06. The Balaban J connectivity index is 1.43. The van der Waals surface area contributed by atoms with E-state index in [1.54, 1.807) is 0 Å². The van der Waals surface area contributed by atoms with E-state index in [1.807, 2.05) is 0 Å². The van der Waals surface area contributed by atoms with Crippen molar-refractivity contribution in [2.75, 3.05) is 0 Å². The number of thioether (sulfide) groups is 1. The summed E-state index contributed by atoms with van der Waals surface area (Å²) in [7, 11) is 0. The van der Waals surface area contributed by atoms with Crippen molar-refractivity contribution in [3.05, 3.63) is 30.3 Å². The topological polar surface area (TPSA) is 52.9 Å². The Bertz CT molecular complexity index is 714. The van der Waals surface area contributed by atoms with Gasteiger partial charge in [-0.25, -0.2) is 0 Å². The second-order valence-corrected chi connectivity index (χ2v) is 9.58. The number of nitrogens with one attached hydrogen (secondary N) is 1. The molecule has 4 fully saturated rings. The second kappa shape index (κ2) is 6.06. The number of nitriles is 1. The largest absolute Gasteiger partial charge is 0.352 e. The van der Waals surface area contributed by atoms with Gasteiger partial charge in [-0.05, 0) is 61.5 Å². The fourth-order valence-corrected chi connectivity index (χ4v) is 8.01. The maximum absolute atomic E-state index is 12.2. The van der Waals surface area contributed by atoms with Gasteiger partial charge in [-0.1, -0.05) is 24.6 Å². The van der Waals surface area contributed by atoms with Crippen molar-refractivity contribution in [1.29, 1.82) is 5.26 Å². The molecule has 3 nitrogen and oxygen atoms in total. The number of amides is 1. The van der Waals surface area contributed by atoms with Gasteiger partial charge in [0.2, 0.25) is 5.91 Å². The highest BCUT2D eigenvalue weighted by Crippen LogP contribution is 2.61. The van der Waals surface area contributed by atoms with Crippen LogP contribution in [0.3, 0.4) is 0 Å². The van der Waals surface area contributed by atoms with Crippen molar-refractivity contribution in [3.63, 3.8) is 0 Å². The van der Waals surface area contributed by atoms with Gasteiger partial charge in [-0.15, -0.1) is 11.8 Å². The van der Waals surface area contributed by atoms with Gasteiger partial charge in [0.15, 0.2) is 0 Å². The van der Waals surface area contributed by atoms with Crippen LogP contribution < -0.4 is 5.32 Å². The van der Waals surface area contributed by atoms with Crippen molar-refractivity contribution in [2.24, 2.45) is 35.5 Å². The molecule has 1 heterocycles. The van der Waals surface area contributed by atoms with E-state index in [4.69, 9.17) is 0 Å². The summed E-state index contributed by atoms with van der Waals surface area (Å²) in [6.07, 6.45) is 6.26. The molecule has 1 N–H and O–H groups in total. The Labute approximate surface area is 153 Å². The zero-order chi connectivity index (χ0) is 17.0. The highest BCUT2D eigenvalue weighted by Gasteiger charge is 2.62. The van der Waals surface area contributed by atoms with Crippen LogP contribution in [-0.4, -0.2) is 17.2 Å². The summed E-state index contributed by atoms with van der Waals surface area (Å²) in [5, 5.41) is 13.5. The summed E-state index contributed by atoms with van der Waals surface area (Å²) in [6.45, 7) is 0. The van der Waals surface area contributed by atoms with Crippen molar-refractivity contribution < 1.29 is 4.79 Å². The molecule has 0 bridgehead atoms. The minimum Gasteiger partial charge on any atom is -0.352 e. The monoisotopic (exact) mass is 352 g/mol. The highest BCUT2D eigenvalue weighted by atomic mass is 32.2. The van der Waals surface area contributed by atoms with E-state index in [2.05, 4.69) is 53.5 Å². The van der Waals surface area contributed by atoms with Gasteiger partial charge in [-0.3, -0.25) is 4.79 Å². The fourth-order valence-electron chi connectivity index (χ4n) is 6.59. The van der Waals surface area contributed by atoms with Gasteiger partial charge in [0.25, 0.3) is 0 Å². The number of nitrogens with zero attached hydrogens (tertiary/aromatic N) is 1. The third-order valence-corrected chi connectivity index (χ3v) is 8.77. The van der Waals surface area contributed by atoms with Gasteiger partial charge < -0.3 is 5.32 Å². The number of rotatable bonds is 2. The first-order valence-corrected chi connectivity index (χ1v) is 10.6. The third-order valence-electron chi connectivity index (χ3n) is 7.34. The normalized spacial score (nSPS) is 44.5. The highest BCUT2D eigenvalue weighted by molar-refractivity contribution is 8.00. The van der Waals surface area contributed by atoms with E-state index in [0.29, 0.717) is 17.1 Å². The molecule has 3 saturated carbocycles. The van der Waals surface area contributed by atoms with Crippen LogP contribution in [0, 0.1) is 46.8 Å². The quantitative estimate of drug-likeness (QED) is 0.879. The molecule has 3 aliphatic carbocycles. The number of carbonyl (C=O) groups is 1. The first-order chi connectivity index (χ1) is 12.3. The Morgan fingerprint density at radius 1 is 1.00 bits per heavy atom. The van der Waals surface area contributed by atoms with Crippen molar-refractivity contribution in [2.45, 2.75) is 48.3 Å². The minimum absolute atomic E-state index is 0.00106. The summed E-state index contributed by atoms with van der Waals surface area (Å²) < 4.78 is 0. The van der Waals surface area contributed by atoms with Crippen LogP contribution in [0.2, 0.25) is 0 Å². The van der Waals surface area contributed by atoms with Crippen LogP contribution >= 0.6 is 11.8 Å². The van der Waals surface area contributed by atoms with E-state index in [1.165, 1.54) is 37.0 Å². The molecule has 1 aromatic rings. The lowest BCUT2D eigenvalue weighted by Crippen LogP contribution is -2.43. The molecular formula is C21H24N2OS. The number of benzene rings is 1. The molecule has 1 aromatic carbocycles. The molecule has 1 amide bonds. The summed E-state index contributed by atoms with van der Waals surface area (Å²) in [6, 6.07) is 13.4. The van der Waals surface area contributed by atoms with E-state index in [0.717, 1.165) is 11.8 Å².